The first-order chi connectivity index (χ1) is 8.87. The van der Waals surface area contributed by atoms with E-state index in [0.29, 0.717) is 6.54 Å². The molecule has 1 amide bonds. The minimum absolute atomic E-state index is 0.0918. The molecule has 5 nitrogen and oxygen atoms in total. The van der Waals surface area contributed by atoms with Crippen LogP contribution in [0.4, 0.5) is 0 Å². The minimum atomic E-state index is -0.478. The fourth-order valence-electron chi connectivity index (χ4n) is 2.42. The molecule has 1 aliphatic rings. The predicted octanol–water partition coefficient (Wildman–Crippen LogP) is 1.68. The summed E-state index contributed by atoms with van der Waals surface area (Å²) in [5, 5.41) is 7.43. The lowest BCUT2D eigenvalue weighted by atomic mass is 9.98. The number of nitrogens with one attached hydrogen (secondary N) is 1. The molecular formula is C13H21BrN4O. The number of carbonyl (C=O) groups excluding carboxylic acids is 1. The molecule has 1 fully saturated rings. The van der Waals surface area contributed by atoms with Crippen molar-refractivity contribution in [3.8, 4) is 0 Å². The van der Waals surface area contributed by atoms with E-state index in [2.05, 4.69) is 38.2 Å². The van der Waals surface area contributed by atoms with Crippen molar-refractivity contribution in [3.63, 3.8) is 0 Å². The van der Waals surface area contributed by atoms with Gasteiger partial charge in [0.25, 0.3) is 0 Å². The van der Waals surface area contributed by atoms with Crippen molar-refractivity contribution in [1.29, 1.82) is 0 Å². The molecule has 0 atom stereocenters. The zero-order chi connectivity index (χ0) is 14.2. The van der Waals surface area contributed by atoms with E-state index >= 15 is 0 Å². The van der Waals surface area contributed by atoms with Gasteiger partial charge in [-0.05, 0) is 43.6 Å². The first-order valence-electron chi connectivity index (χ1n) is 6.63. The number of carbonyl (C=O) groups is 1. The van der Waals surface area contributed by atoms with Gasteiger partial charge in [-0.3, -0.25) is 14.4 Å². The number of aryl methyl sites for hydroxylation is 2. The lowest BCUT2D eigenvalue weighted by Gasteiger charge is -2.41. The molecule has 1 aromatic heterocycles. The van der Waals surface area contributed by atoms with Crippen LogP contribution in [0.5, 0.6) is 0 Å². The van der Waals surface area contributed by atoms with Crippen LogP contribution < -0.4 is 5.32 Å². The number of aromatic nitrogens is 2. The number of rotatable bonds is 3. The highest BCUT2D eigenvalue weighted by Crippen LogP contribution is 2.26. The van der Waals surface area contributed by atoms with Gasteiger partial charge >= 0.3 is 0 Å². The summed E-state index contributed by atoms with van der Waals surface area (Å²) in [6.45, 7) is 11.1. The molecule has 2 heterocycles. The Balaban J connectivity index is 2.28. The van der Waals surface area contributed by atoms with Gasteiger partial charge in [-0.1, -0.05) is 0 Å². The lowest BCUT2D eigenvalue weighted by Crippen LogP contribution is -2.61. The molecule has 19 heavy (non-hydrogen) atoms. The maximum Gasteiger partial charge on any atom is 0.240 e. The second kappa shape index (κ2) is 5.25. The van der Waals surface area contributed by atoms with Gasteiger partial charge in [-0.15, -0.1) is 0 Å². The summed E-state index contributed by atoms with van der Waals surface area (Å²) >= 11 is 3.61. The van der Waals surface area contributed by atoms with Gasteiger partial charge < -0.3 is 5.32 Å². The molecule has 1 N–H and O–H groups in total. The Morgan fingerprint density at radius 2 is 2.16 bits per heavy atom. The third-order valence-corrected chi connectivity index (χ3v) is 4.84. The molecular weight excluding hydrogens is 308 g/mol. The summed E-state index contributed by atoms with van der Waals surface area (Å²) in [7, 11) is 0. The van der Waals surface area contributed by atoms with Gasteiger partial charge in [-0.25, -0.2) is 0 Å². The zero-order valence-electron chi connectivity index (χ0n) is 12.0. The van der Waals surface area contributed by atoms with E-state index in [0.717, 1.165) is 35.5 Å². The fourth-order valence-corrected chi connectivity index (χ4v) is 2.83. The zero-order valence-corrected chi connectivity index (χ0v) is 13.5. The first-order valence-corrected chi connectivity index (χ1v) is 7.42. The van der Waals surface area contributed by atoms with E-state index < -0.39 is 5.54 Å². The molecule has 106 valence electrons. The Morgan fingerprint density at radius 1 is 1.47 bits per heavy atom. The Hall–Kier alpha value is -0.880. The molecule has 2 rings (SSSR count). The van der Waals surface area contributed by atoms with Crippen LogP contribution in [0.25, 0.3) is 0 Å². The van der Waals surface area contributed by atoms with Crippen LogP contribution in [-0.2, 0) is 17.9 Å². The summed E-state index contributed by atoms with van der Waals surface area (Å²) in [4.78, 5) is 14.2. The van der Waals surface area contributed by atoms with Crippen molar-refractivity contribution in [1.82, 2.24) is 20.0 Å². The van der Waals surface area contributed by atoms with E-state index in [1.54, 1.807) is 0 Å². The maximum atomic E-state index is 12.0. The average Bonchev–Trinajstić information content (AvgIpc) is 2.63. The fraction of sp³-hybridized carbons (Fsp3) is 0.692. The van der Waals surface area contributed by atoms with Crippen LogP contribution in [0.2, 0.25) is 0 Å². The van der Waals surface area contributed by atoms with Crippen molar-refractivity contribution in [2.75, 3.05) is 13.1 Å². The van der Waals surface area contributed by atoms with Gasteiger partial charge in [0.2, 0.25) is 5.91 Å². The summed E-state index contributed by atoms with van der Waals surface area (Å²) in [6.07, 6.45) is 0. The topological polar surface area (TPSA) is 50.2 Å². The van der Waals surface area contributed by atoms with Crippen LogP contribution in [0.15, 0.2) is 4.47 Å². The number of nitrogens with zero attached hydrogens (tertiary/aromatic N) is 3. The molecule has 0 aromatic carbocycles. The van der Waals surface area contributed by atoms with Crippen LogP contribution in [-0.4, -0.2) is 39.2 Å². The van der Waals surface area contributed by atoms with E-state index in [1.807, 2.05) is 25.5 Å². The second-order valence-electron chi connectivity index (χ2n) is 5.40. The summed E-state index contributed by atoms with van der Waals surface area (Å²) in [5.74, 6) is 0.0918. The van der Waals surface area contributed by atoms with Gasteiger partial charge in [-0.2, -0.15) is 5.10 Å². The van der Waals surface area contributed by atoms with Gasteiger partial charge in [0, 0.05) is 26.2 Å². The minimum Gasteiger partial charge on any atom is -0.353 e. The lowest BCUT2D eigenvalue weighted by molar-refractivity contribution is -0.135. The van der Waals surface area contributed by atoms with Gasteiger partial charge in [0.05, 0.1) is 21.4 Å². The number of amides is 1. The molecule has 1 saturated heterocycles. The third kappa shape index (κ3) is 2.56. The number of hydrogen-bond donors (Lipinski definition) is 1. The van der Waals surface area contributed by atoms with E-state index in [-0.39, 0.29) is 5.91 Å². The normalized spacial score (nSPS) is 19.5. The van der Waals surface area contributed by atoms with Crippen molar-refractivity contribution >= 4 is 21.8 Å². The van der Waals surface area contributed by atoms with E-state index in [1.165, 1.54) is 0 Å². The molecule has 1 aromatic rings. The molecule has 6 heteroatoms. The molecule has 0 spiro atoms. The number of halogens is 1. The van der Waals surface area contributed by atoms with Gasteiger partial charge in [0.1, 0.15) is 0 Å². The quantitative estimate of drug-likeness (QED) is 0.918. The van der Waals surface area contributed by atoms with E-state index in [4.69, 9.17) is 0 Å². The summed E-state index contributed by atoms with van der Waals surface area (Å²) in [6, 6.07) is 0. The largest absolute Gasteiger partial charge is 0.353 e. The van der Waals surface area contributed by atoms with E-state index in [9.17, 15) is 4.79 Å². The Morgan fingerprint density at radius 3 is 2.79 bits per heavy atom. The van der Waals surface area contributed by atoms with Crippen LogP contribution in [0, 0.1) is 6.92 Å². The van der Waals surface area contributed by atoms with Crippen molar-refractivity contribution in [2.45, 2.75) is 46.3 Å². The number of hydrogen-bond acceptors (Lipinski definition) is 3. The Kier molecular flexibility index (Phi) is 4.01. The average molecular weight is 329 g/mol. The monoisotopic (exact) mass is 328 g/mol. The molecule has 0 unspecified atom stereocenters. The third-order valence-electron chi connectivity index (χ3n) is 3.81. The Bertz CT molecular complexity index is 495. The van der Waals surface area contributed by atoms with Crippen molar-refractivity contribution < 1.29 is 4.79 Å². The highest BCUT2D eigenvalue weighted by molar-refractivity contribution is 9.10. The number of piperazine rings is 1. The van der Waals surface area contributed by atoms with Crippen LogP contribution in [0.3, 0.4) is 0 Å². The van der Waals surface area contributed by atoms with Crippen LogP contribution >= 0.6 is 15.9 Å². The molecule has 0 saturated carbocycles. The first kappa shape index (κ1) is 14.5. The molecule has 0 radical (unpaired) electrons. The Labute approximate surface area is 122 Å². The SMILES string of the molecule is CCn1nc(C)c(Br)c1CN1CCNC(=O)C1(C)C. The van der Waals surface area contributed by atoms with Crippen LogP contribution in [0.1, 0.15) is 32.2 Å². The summed E-state index contributed by atoms with van der Waals surface area (Å²) < 4.78 is 3.05. The maximum absolute atomic E-state index is 12.0. The highest BCUT2D eigenvalue weighted by atomic mass is 79.9. The highest BCUT2D eigenvalue weighted by Gasteiger charge is 2.38. The van der Waals surface area contributed by atoms with Crippen molar-refractivity contribution in [3.05, 3.63) is 15.9 Å². The molecule has 0 bridgehead atoms. The second-order valence-corrected chi connectivity index (χ2v) is 6.19. The van der Waals surface area contributed by atoms with Crippen molar-refractivity contribution in [2.24, 2.45) is 0 Å². The summed E-state index contributed by atoms with van der Waals surface area (Å²) in [5.41, 5.74) is 1.66. The predicted molar refractivity (Wildman–Crippen MR) is 77.8 cm³/mol. The van der Waals surface area contributed by atoms with Gasteiger partial charge in [0.15, 0.2) is 0 Å². The molecule has 0 aliphatic carbocycles. The molecule has 1 aliphatic heterocycles. The smallest absolute Gasteiger partial charge is 0.240 e. The standard InChI is InChI=1S/C13H21BrN4O/c1-5-18-10(11(14)9(2)16-18)8-17-7-6-15-12(19)13(17,3)4/h5-8H2,1-4H3,(H,15,19).